The van der Waals surface area contributed by atoms with Crippen molar-refractivity contribution in [1.82, 2.24) is 5.32 Å². The fourth-order valence-electron chi connectivity index (χ4n) is 5.14. The molecule has 3 aliphatic rings. The van der Waals surface area contributed by atoms with Crippen LogP contribution in [0.2, 0.25) is 18.1 Å². The summed E-state index contributed by atoms with van der Waals surface area (Å²) in [6.45, 7) is 11.3. The highest BCUT2D eigenvalue weighted by molar-refractivity contribution is 6.74. The van der Waals surface area contributed by atoms with Gasteiger partial charge in [0.1, 0.15) is 5.60 Å². The number of rotatable bonds is 7. The summed E-state index contributed by atoms with van der Waals surface area (Å²) in [7, 11) is -0.883. The minimum absolute atomic E-state index is 0.0348. The van der Waals surface area contributed by atoms with E-state index in [4.69, 9.17) is 25.5 Å². The van der Waals surface area contributed by atoms with Crippen LogP contribution in [0.5, 0.6) is 0 Å². The van der Waals surface area contributed by atoms with Gasteiger partial charge in [0.2, 0.25) is 5.91 Å². The maximum atomic E-state index is 13.5. The number of carbonyl (C=O) groups excluding carboxylic acids is 2. The SMILES string of the molecule is COC(=O)[C@]1([C@@H](O[Si](C)(C)C(C)(C)C)C2CCCCC2)NC(=O)[C@H](CCCl)[C@@]12CO2. The number of ether oxygens (including phenoxy) is 2. The van der Waals surface area contributed by atoms with Crippen LogP contribution in [-0.2, 0) is 23.5 Å². The van der Waals surface area contributed by atoms with E-state index in [9.17, 15) is 9.59 Å². The van der Waals surface area contributed by atoms with Crippen LogP contribution < -0.4 is 5.32 Å². The fraction of sp³-hybridized carbons (Fsp3) is 0.909. The zero-order chi connectivity index (χ0) is 22.4. The molecule has 0 bridgehead atoms. The molecule has 30 heavy (non-hydrogen) atoms. The summed E-state index contributed by atoms with van der Waals surface area (Å²) in [5, 5.41) is 3.04. The standard InChI is InChI=1S/C22H38ClNO5Si/c1-20(2,3)30(5,6)29-17(15-10-8-7-9-11-15)22(19(26)27-4)21(14-28-21)16(12-13-23)18(25)24-22/h15-17H,7-14H2,1-6H3,(H,24,25)/t16-,17-,21-,22-/m0/s1. The first-order valence-corrected chi connectivity index (χ1v) is 14.7. The first-order valence-electron chi connectivity index (χ1n) is 11.2. The van der Waals surface area contributed by atoms with Gasteiger partial charge in [-0.3, -0.25) is 4.79 Å². The topological polar surface area (TPSA) is 77.2 Å². The van der Waals surface area contributed by atoms with E-state index in [1.165, 1.54) is 13.5 Å². The highest BCUT2D eigenvalue weighted by atomic mass is 35.5. The van der Waals surface area contributed by atoms with E-state index in [1.54, 1.807) is 0 Å². The average molecular weight is 460 g/mol. The summed E-state index contributed by atoms with van der Waals surface area (Å²) in [5.74, 6) is -0.610. The Bertz CT molecular complexity index is 669. The summed E-state index contributed by atoms with van der Waals surface area (Å²) in [6.07, 6.45) is 5.34. The molecule has 0 aromatic carbocycles. The Kier molecular flexibility index (Phi) is 6.70. The van der Waals surface area contributed by atoms with Crippen LogP contribution in [0.4, 0.5) is 0 Å². The van der Waals surface area contributed by atoms with Gasteiger partial charge in [-0.15, -0.1) is 11.6 Å². The van der Waals surface area contributed by atoms with Crippen LogP contribution >= 0.6 is 11.6 Å². The molecule has 2 heterocycles. The van der Waals surface area contributed by atoms with Gasteiger partial charge in [-0.25, -0.2) is 4.79 Å². The van der Waals surface area contributed by atoms with Crippen molar-refractivity contribution in [1.29, 1.82) is 0 Å². The summed E-state index contributed by atoms with van der Waals surface area (Å²) >= 11 is 6.03. The third-order valence-electron chi connectivity index (χ3n) is 7.96. The molecule has 2 aliphatic heterocycles. The molecular weight excluding hydrogens is 422 g/mol. The van der Waals surface area contributed by atoms with E-state index in [2.05, 4.69) is 39.2 Å². The van der Waals surface area contributed by atoms with Crippen molar-refractivity contribution < 1.29 is 23.5 Å². The van der Waals surface area contributed by atoms with Gasteiger partial charge in [-0.05, 0) is 43.3 Å². The molecule has 3 rings (SSSR count). The molecule has 0 radical (unpaired) electrons. The van der Waals surface area contributed by atoms with Crippen molar-refractivity contribution in [2.75, 3.05) is 19.6 Å². The van der Waals surface area contributed by atoms with Crippen molar-refractivity contribution >= 4 is 31.8 Å². The second kappa shape index (κ2) is 8.37. The number of methoxy groups -OCH3 is 1. The number of epoxide rings is 1. The lowest BCUT2D eigenvalue weighted by Gasteiger charge is -2.49. The molecular formula is C22H38ClNO5Si. The average Bonchev–Trinajstić information content (AvgIpc) is 3.45. The van der Waals surface area contributed by atoms with Crippen molar-refractivity contribution in [3.8, 4) is 0 Å². The molecule has 1 N–H and O–H groups in total. The Labute approximate surface area is 186 Å². The lowest BCUT2D eigenvalue weighted by Crippen LogP contribution is -2.70. The minimum atomic E-state index is -2.26. The molecule has 4 atom stereocenters. The lowest BCUT2D eigenvalue weighted by molar-refractivity contribution is -0.160. The van der Waals surface area contributed by atoms with E-state index >= 15 is 0 Å². The third-order valence-corrected chi connectivity index (χ3v) is 12.6. The monoisotopic (exact) mass is 459 g/mol. The Morgan fingerprint density at radius 3 is 2.37 bits per heavy atom. The van der Waals surface area contributed by atoms with Crippen molar-refractivity contribution in [2.24, 2.45) is 11.8 Å². The fourth-order valence-corrected chi connectivity index (χ4v) is 6.71. The Morgan fingerprint density at radius 2 is 1.90 bits per heavy atom. The first kappa shape index (κ1) is 24.0. The molecule has 6 nitrogen and oxygen atoms in total. The normalized spacial score (nSPS) is 33.4. The van der Waals surface area contributed by atoms with Crippen LogP contribution in [-0.4, -0.2) is 57.0 Å². The van der Waals surface area contributed by atoms with Gasteiger partial charge >= 0.3 is 5.97 Å². The smallest absolute Gasteiger partial charge is 0.337 e. The Morgan fingerprint density at radius 1 is 1.30 bits per heavy atom. The number of nitrogens with one attached hydrogen (secondary N) is 1. The Balaban J connectivity index is 2.12. The number of amides is 1. The predicted octanol–water partition coefficient (Wildman–Crippen LogP) is 4.01. The van der Waals surface area contributed by atoms with E-state index in [0.29, 0.717) is 18.9 Å². The zero-order valence-electron chi connectivity index (χ0n) is 19.3. The number of esters is 1. The van der Waals surface area contributed by atoms with Crippen LogP contribution in [0.25, 0.3) is 0 Å². The summed E-state index contributed by atoms with van der Waals surface area (Å²) in [4.78, 5) is 26.6. The second-order valence-corrected chi connectivity index (χ2v) is 15.8. The molecule has 1 amide bonds. The predicted molar refractivity (Wildman–Crippen MR) is 119 cm³/mol. The zero-order valence-corrected chi connectivity index (χ0v) is 21.1. The van der Waals surface area contributed by atoms with Crippen LogP contribution in [0.1, 0.15) is 59.3 Å². The molecule has 3 fully saturated rings. The number of hydrogen-bond acceptors (Lipinski definition) is 5. The second-order valence-electron chi connectivity index (χ2n) is 10.7. The third kappa shape index (κ3) is 3.74. The molecule has 8 heteroatoms. The molecule has 1 aliphatic carbocycles. The highest BCUT2D eigenvalue weighted by Crippen LogP contribution is 2.56. The Hall–Kier alpha value is -0.633. The van der Waals surface area contributed by atoms with Gasteiger partial charge in [0.15, 0.2) is 13.9 Å². The number of carbonyl (C=O) groups is 2. The maximum absolute atomic E-state index is 13.5. The van der Waals surface area contributed by atoms with Crippen LogP contribution in [0.15, 0.2) is 0 Å². The largest absolute Gasteiger partial charge is 0.467 e. The van der Waals surface area contributed by atoms with Gasteiger partial charge in [-0.1, -0.05) is 40.0 Å². The lowest BCUT2D eigenvalue weighted by atomic mass is 9.69. The van der Waals surface area contributed by atoms with E-state index < -0.39 is 37.4 Å². The molecule has 1 spiro atoms. The van der Waals surface area contributed by atoms with Crippen LogP contribution in [0.3, 0.4) is 0 Å². The number of halogens is 1. The molecule has 172 valence electrons. The van der Waals surface area contributed by atoms with Gasteiger partial charge < -0.3 is 19.2 Å². The molecule has 2 saturated heterocycles. The minimum Gasteiger partial charge on any atom is -0.467 e. The van der Waals surface area contributed by atoms with Crippen molar-refractivity contribution in [3.05, 3.63) is 0 Å². The summed E-state index contributed by atoms with van der Waals surface area (Å²) in [6, 6.07) is 0. The number of hydrogen-bond donors (Lipinski definition) is 1. The van der Waals surface area contributed by atoms with E-state index in [1.807, 2.05) is 0 Å². The van der Waals surface area contributed by atoms with Crippen molar-refractivity contribution in [2.45, 2.75) is 94.7 Å². The number of alkyl halides is 1. The van der Waals surface area contributed by atoms with E-state index in [-0.39, 0.29) is 16.9 Å². The molecule has 1 saturated carbocycles. The highest BCUT2D eigenvalue weighted by Gasteiger charge is 2.80. The molecule has 0 aromatic heterocycles. The summed E-state index contributed by atoms with van der Waals surface area (Å²) in [5.41, 5.74) is -2.26. The van der Waals surface area contributed by atoms with Gasteiger partial charge in [0.05, 0.1) is 25.7 Å². The van der Waals surface area contributed by atoms with Crippen molar-refractivity contribution in [3.63, 3.8) is 0 Å². The van der Waals surface area contributed by atoms with E-state index in [0.717, 1.165) is 25.7 Å². The molecule has 0 aromatic rings. The maximum Gasteiger partial charge on any atom is 0.337 e. The van der Waals surface area contributed by atoms with Gasteiger partial charge in [0.25, 0.3) is 0 Å². The van der Waals surface area contributed by atoms with Crippen LogP contribution in [0, 0.1) is 11.8 Å². The summed E-state index contributed by atoms with van der Waals surface area (Å²) < 4.78 is 18.3. The van der Waals surface area contributed by atoms with Gasteiger partial charge in [0, 0.05) is 5.88 Å². The quantitative estimate of drug-likeness (QED) is 0.269. The first-order chi connectivity index (χ1) is 14.0. The molecule has 0 unspecified atom stereocenters. The van der Waals surface area contributed by atoms with Gasteiger partial charge in [-0.2, -0.15) is 0 Å².